The summed E-state index contributed by atoms with van der Waals surface area (Å²) in [6.45, 7) is 2.03. The molecule has 0 aliphatic rings. The number of nitrogens with one attached hydrogen (secondary N) is 1. The predicted molar refractivity (Wildman–Crippen MR) is 95.3 cm³/mol. The highest BCUT2D eigenvalue weighted by Crippen LogP contribution is 2.33. The summed E-state index contributed by atoms with van der Waals surface area (Å²) < 4.78 is 11.1. The molecule has 1 N–H and O–H groups in total. The van der Waals surface area contributed by atoms with Gasteiger partial charge in [0.1, 0.15) is 19.0 Å². The third kappa shape index (κ3) is 5.76. The first-order valence-electron chi connectivity index (χ1n) is 7.15. The van der Waals surface area contributed by atoms with Gasteiger partial charge in [-0.05, 0) is 29.8 Å². The highest BCUT2D eigenvalue weighted by atomic mass is 35.5. The molecule has 24 heavy (non-hydrogen) atoms. The predicted octanol–water partition coefficient (Wildman–Crippen LogP) is 3.92. The van der Waals surface area contributed by atoms with E-state index in [1.54, 1.807) is 12.1 Å². The summed E-state index contributed by atoms with van der Waals surface area (Å²) in [6, 6.07) is 12.7. The Kier molecular flexibility index (Phi) is 6.90. The lowest BCUT2D eigenvalue weighted by molar-refractivity contribution is -0.118. The Balaban J connectivity index is 1.91. The van der Waals surface area contributed by atoms with Crippen molar-refractivity contribution >= 4 is 35.3 Å². The maximum Gasteiger partial charge on any atom is 0.236 e. The first kappa shape index (κ1) is 18.1. The van der Waals surface area contributed by atoms with Crippen molar-refractivity contribution in [2.45, 2.75) is 6.92 Å². The van der Waals surface area contributed by atoms with Gasteiger partial charge in [-0.2, -0.15) is 5.10 Å². The van der Waals surface area contributed by atoms with E-state index in [-0.39, 0.29) is 5.91 Å². The van der Waals surface area contributed by atoms with E-state index in [2.05, 4.69) is 10.5 Å². The van der Waals surface area contributed by atoms with Crippen LogP contribution in [0.1, 0.15) is 12.5 Å². The van der Waals surface area contributed by atoms with E-state index in [1.807, 2.05) is 30.3 Å². The van der Waals surface area contributed by atoms with Gasteiger partial charge in [-0.3, -0.25) is 4.79 Å². The van der Waals surface area contributed by atoms with Crippen molar-refractivity contribution in [1.29, 1.82) is 0 Å². The standard InChI is InChI=1S/C17H16Cl2N2O3/c1-12(22)21-20-11-13-9-15(18)17(16(19)10-13)24-8-7-23-14-5-3-2-4-6-14/h2-6,9-11H,7-8H2,1H3,(H,21,22). The van der Waals surface area contributed by atoms with Crippen LogP contribution in [0.5, 0.6) is 11.5 Å². The summed E-state index contributed by atoms with van der Waals surface area (Å²) in [4.78, 5) is 10.8. The Morgan fingerprint density at radius 3 is 2.38 bits per heavy atom. The zero-order valence-corrected chi connectivity index (χ0v) is 14.5. The number of halogens is 2. The van der Waals surface area contributed by atoms with Crippen LogP contribution >= 0.6 is 23.2 Å². The van der Waals surface area contributed by atoms with Crippen molar-refractivity contribution in [1.82, 2.24) is 5.43 Å². The van der Waals surface area contributed by atoms with Gasteiger partial charge in [-0.15, -0.1) is 0 Å². The van der Waals surface area contributed by atoms with E-state index >= 15 is 0 Å². The fraction of sp³-hybridized carbons (Fsp3) is 0.176. The summed E-state index contributed by atoms with van der Waals surface area (Å²) >= 11 is 12.3. The van der Waals surface area contributed by atoms with Crippen molar-refractivity contribution in [2.75, 3.05) is 13.2 Å². The molecule has 0 heterocycles. The minimum absolute atomic E-state index is 0.262. The Bertz CT molecular complexity index is 698. The smallest absolute Gasteiger partial charge is 0.236 e. The lowest BCUT2D eigenvalue weighted by atomic mass is 10.2. The average Bonchev–Trinajstić information content (AvgIpc) is 2.54. The second-order valence-corrected chi connectivity index (χ2v) is 5.56. The molecule has 2 aromatic carbocycles. The largest absolute Gasteiger partial charge is 0.490 e. The van der Waals surface area contributed by atoms with Crippen LogP contribution in [0.15, 0.2) is 47.6 Å². The van der Waals surface area contributed by atoms with Crippen LogP contribution in [0.25, 0.3) is 0 Å². The molecule has 0 saturated carbocycles. The molecule has 0 aromatic heterocycles. The van der Waals surface area contributed by atoms with E-state index in [9.17, 15) is 4.79 Å². The zero-order valence-electron chi connectivity index (χ0n) is 13.0. The van der Waals surface area contributed by atoms with E-state index < -0.39 is 0 Å². The summed E-state index contributed by atoms with van der Waals surface area (Å²) in [6.07, 6.45) is 1.45. The van der Waals surface area contributed by atoms with Crippen molar-refractivity contribution in [3.05, 3.63) is 58.1 Å². The molecule has 0 aliphatic heterocycles. The molecule has 7 heteroatoms. The number of carbonyl (C=O) groups excluding carboxylic acids is 1. The van der Waals surface area contributed by atoms with Gasteiger partial charge in [0.25, 0.3) is 0 Å². The summed E-state index contributed by atoms with van der Waals surface area (Å²) in [5.41, 5.74) is 2.95. The van der Waals surface area contributed by atoms with E-state index in [0.717, 1.165) is 5.75 Å². The average molecular weight is 367 g/mol. The van der Waals surface area contributed by atoms with Gasteiger partial charge in [0.05, 0.1) is 16.3 Å². The number of carbonyl (C=O) groups is 1. The fourth-order valence-corrected chi connectivity index (χ4v) is 2.42. The molecule has 5 nitrogen and oxygen atoms in total. The van der Waals surface area contributed by atoms with Gasteiger partial charge in [0.15, 0.2) is 5.75 Å². The monoisotopic (exact) mass is 366 g/mol. The maximum atomic E-state index is 10.8. The molecule has 0 fully saturated rings. The molecule has 2 aromatic rings. The summed E-state index contributed by atoms with van der Waals surface area (Å²) in [7, 11) is 0. The highest BCUT2D eigenvalue weighted by Gasteiger charge is 2.09. The number of rotatable bonds is 7. The number of hydrogen-bond acceptors (Lipinski definition) is 4. The number of hydrogen-bond donors (Lipinski definition) is 1. The number of ether oxygens (including phenoxy) is 2. The number of benzene rings is 2. The molecule has 0 bridgehead atoms. The maximum absolute atomic E-state index is 10.8. The normalized spacial score (nSPS) is 10.6. The molecular formula is C17H16Cl2N2O3. The lowest BCUT2D eigenvalue weighted by Gasteiger charge is -2.11. The lowest BCUT2D eigenvalue weighted by Crippen LogP contribution is -2.12. The minimum Gasteiger partial charge on any atom is -0.490 e. The van der Waals surface area contributed by atoms with Gasteiger partial charge in [0, 0.05) is 6.92 Å². The van der Waals surface area contributed by atoms with Crippen molar-refractivity contribution in [3.8, 4) is 11.5 Å². The van der Waals surface area contributed by atoms with Gasteiger partial charge in [-0.25, -0.2) is 5.43 Å². The first-order chi connectivity index (χ1) is 11.6. The van der Waals surface area contributed by atoms with Crippen molar-refractivity contribution in [2.24, 2.45) is 5.10 Å². The zero-order chi connectivity index (χ0) is 17.4. The van der Waals surface area contributed by atoms with Gasteiger partial charge < -0.3 is 9.47 Å². The molecular weight excluding hydrogens is 351 g/mol. The van der Waals surface area contributed by atoms with E-state index in [1.165, 1.54) is 13.1 Å². The van der Waals surface area contributed by atoms with Crippen molar-refractivity contribution in [3.63, 3.8) is 0 Å². The van der Waals surface area contributed by atoms with Crippen LogP contribution in [0.3, 0.4) is 0 Å². The third-order valence-electron chi connectivity index (χ3n) is 2.80. The quantitative estimate of drug-likeness (QED) is 0.458. The van der Waals surface area contributed by atoms with Gasteiger partial charge in [-0.1, -0.05) is 41.4 Å². The van der Waals surface area contributed by atoms with Gasteiger partial charge >= 0.3 is 0 Å². The summed E-state index contributed by atoms with van der Waals surface area (Å²) in [5, 5.41) is 4.47. The van der Waals surface area contributed by atoms with Crippen molar-refractivity contribution < 1.29 is 14.3 Å². The van der Waals surface area contributed by atoms with Crippen LogP contribution < -0.4 is 14.9 Å². The molecule has 0 spiro atoms. The number of nitrogens with zero attached hydrogens (tertiary/aromatic N) is 1. The molecule has 0 aliphatic carbocycles. The number of para-hydroxylation sites is 1. The van der Waals surface area contributed by atoms with Crippen LogP contribution in [-0.4, -0.2) is 25.3 Å². The fourth-order valence-electron chi connectivity index (χ4n) is 1.81. The number of hydrazone groups is 1. The Hall–Kier alpha value is -2.24. The number of amides is 1. The van der Waals surface area contributed by atoms with E-state index in [4.69, 9.17) is 32.7 Å². The van der Waals surface area contributed by atoms with Crippen LogP contribution in [0, 0.1) is 0 Å². The summed E-state index contributed by atoms with van der Waals surface area (Å²) in [5.74, 6) is 0.885. The molecule has 0 saturated heterocycles. The Morgan fingerprint density at radius 2 is 1.75 bits per heavy atom. The van der Waals surface area contributed by atoms with Crippen LogP contribution in [-0.2, 0) is 4.79 Å². The minimum atomic E-state index is -0.262. The molecule has 0 atom stereocenters. The molecule has 126 valence electrons. The van der Waals surface area contributed by atoms with Crippen LogP contribution in [0.4, 0.5) is 0 Å². The van der Waals surface area contributed by atoms with Gasteiger partial charge in [0.2, 0.25) is 5.91 Å². The second kappa shape index (κ2) is 9.15. The Morgan fingerprint density at radius 1 is 1.12 bits per heavy atom. The topological polar surface area (TPSA) is 59.9 Å². The first-order valence-corrected chi connectivity index (χ1v) is 7.91. The third-order valence-corrected chi connectivity index (χ3v) is 3.36. The molecule has 0 radical (unpaired) electrons. The van der Waals surface area contributed by atoms with E-state index in [0.29, 0.717) is 34.6 Å². The Labute approximate surface area is 150 Å². The molecule has 2 rings (SSSR count). The molecule has 0 unspecified atom stereocenters. The molecule has 1 amide bonds. The SMILES string of the molecule is CC(=O)NN=Cc1cc(Cl)c(OCCOc2ccccc2)c(Cl)c1. The highest BCUT2D eigenvalue weighted by molar-refractivity contribution is 6.37. The van der Waals surface area contributed by atoms with Crippen LogP contribution in [0.2, 0.25) is 10.0 Å². The second-order valence-electron chi connectivity index (χ2n) is 4.75.